The van der Waals surface area contributed by atoms with E-state index >= 15 is 0 Å². The average Bonchev–Trinajstić information content (AvgIpc) is 3.65. The molecule has 18 nitrogen and oxygen atoms in total. The van der Waals surface area contributed by atoms with Gasteiger partial charge in [0.1, 0.15) is 56.4 Å². The minimum Gasteiger partial charge on any atom is -0.492 e. The van der Waals surface area contributed by atoms with Crippen LogP contribution in [0, 0.1) is 13.2 Å². The van der Waals surface area contributed by atoms with Gasteiger partial charge in [-0.05, 0) is 0 Å². The number of nitrogens with zero attached hydrogens (tertiary/aromatic N) is 8. The molecule has 2 aliphatic rings. The lowest BCUT2D eigenvalue weighted by Crippen LogP contribution is -2.49. The summed E-state index contributed by atoms with van der Waals surface area (Å²) < 4.78 is 19.2. The topological polar surface area (TPSA) is 256 Å². The maximum atomic E-state index is 11.4. The lowest BCUT2D eigenvalue weighted by molar-refractivity contribution is -0.269. The third kappa shape index (κ3) is 3.58. The molecule has 6 heterocycles. The minimum atomic E-state index is -2.61. The van der Waals surface area contributed by atoms with Crippen molar-refractivity contribution in [1.82, 2.24) is 39.0 Å². The van der Waals surface area contributed by atoms with Crippen LogP contribution in [-0.4, -0.2) is 111 Å². The smallest absolute Gasteiger partial charge is 0.242 e. The van der Waals surface area contributed by atoms with E-state index in [0.717, 1.165) is 30.2 Å². The van der Waals surface area contributed by atoms with E-state index in [1.54, 1.807) is 0 Å². The van der Waals surface area contributed by atoms with E-state index in [0.29, 0.717) is 6.61 Å². The van der Waals surface area contributed by atoms with Crippen LogP contribution in [0.15, 0.2) is 25.3 Å². The van der Waals surface area contributed by atoms with Crippen molar-refractivity contribution in [3.63, 3.8) is 0 Å². The fraction of sp³-hybridized carbons (Fsp3) is 0.400. The molecule has 0 bridgehead atoms. The number of rotatable bonds is 6. The Kier molecular flexibility index (Phi) is 5.85. The van der Waals surface area contributed by atoms with Gasteiger partial charge >= 0.3 is 0 Å². The van der Waals surface area contributed by atoms with Crippen molar-refractivity contribution in [2.75, 3.05) is 0 Å². The molecule has 2 fully saturated rings. The van der Waals surface area contributed by atoms with Crippen LogP contribution in [0.5, 0.6) is 11.8 Å². The molecule has 0 spiro atoms. The van der Waals surface area contributed by atoms with Gasteiger partial charge in [-0.1, -0.05) is 0 Å². The maximum absolute atomic E-state index is 11.4. The number of hydrogen-bond donors (Lipinski definition) is 7. The molecule has 38 heavy (non-hydrogen) atoms. The number of hydrogen-bond acceptors (Lipinski definition) is 16. The lowest BCUT2D eigenvalue weighted by atomic mass is 10.1. The highest BCUT2D eigenvalue weighted by molar-refractivity contribution is 5.76. The van der Waals surface area contributed by atoms with Crippen LogP contribution < -0.4 is 0 Å². The first-order chi connectivity index (χ1) is 18.2. The van der Waals surface area contributed by atoms with Crippen molar-refractivity contribution in [1.29, 1.82) is 0 Å². The van der Waals surface area contributed by atoms with Gasteiger partial charge < -0.3 is 50.0 Å². The van der Waals surface area contributed by atoms with Gasteiger partial charge in [0.25, 0.3) is 0 Å². The highest BCUT2D eigenvalue weighted by Crippen LogP contribution is 2.43. The summed E-state index contributed by atoms with van der Waals surface area (Å²) in [5, 5.41) is 72.7. The van der Waals surface area contributed by atoms with Crippen molar-refractivity contribution < 1.29 is 50.0 Å². The number of aliphatic hydroxyl groups excluding tert-OH is 4. The molecule has 8 atom stereocenters. The van der Waals surface area contributed by atoms with Gasteiger partial charge in [0.2, 0.25) is 17.5 Å². The van der Waals surface area contributed by atoms with Crippen LogP contribution in [0.2, 0.25) is 0 Å². The second kappa shape index (κ2) is 8.99. The van der Waals surface area contributed by atoms with E-state index in [4.69, 9.17) is 14.2 Å². The SMILES string of the molecule is O[CH][C@H]1O[C@@H](n2cnc3c(O)ncnc32)[C@@](O)(O[CH][C@H]2O[C@@H](n3cnc4c(O)ncnc43)[C@H](O)[C@@H]2O)[C@@H]1O. The summed E-state index contributed by atoms with van der Waals surface area (Å²) in [4.78, 5) is 23.2. The number of aliphatic hydroxyl groups is 5. The number of ether oxygens (including phenoxy) is 3. The minimum absolute atomic E-state index is 0.0141. The van der Waals surface area contributed by atoms with Crippen molar-refractivity contribution in [2.24, 2.45) is 0 Å². The highest BCUT2D eigenvalue weighted by Gasteiger charge is 2.59. The molecule has 0 aliphatic carbocycles. The summed E-state index contributed by atoms with van der Waals surface area (Å²) in [7, 11) is 0. The molecule has 2 aliphatic heterocycles. The second-order valence-corrected chi connectivity index (χ2v) is 8.57. The van der Waals surface area contributed by atoms with Crippen molar-refractivity contribution in [3.8, 4) is 11.8 Å². The first-order valence-corrected chi connectivity index (χ1v) is 11.0. The second-order valence-electron chi connectivity index (χ2n) is 8.57. The summed E-state index contributed by atoms with van der Waals surface area (Å²) in [6, 6.07) is 0. The van der Waals surface area contributed by atoms with Gasteiger partial charge in [-0.25, -0.2) is 19.9 Å². The summed E-state index contributed by atoms with van der Waals surface area (Å²) in [6.45, 7) is 1.36. The van der Waals surface area contributed by atoms with Crippen molar-refractivity contribution in [3.05, 3.63) is 38.5 Å². The Morgan fingerprint density at radius 1 is 0.816 bits per heavy atom. The van der Waals surface area contributed by atoms with Crippen molar-refractivity contribution >= 4 is 22.3 Å². The van der Waals surface area contributed by atoms with Gasteiger partial charge in [0.05, 0.1) is 12.7 Å². The molecule has 2 radical (unpaired) electrons. The highest BCUT2D eigenvalue weighted by atomic mass is 16.7. The molecular weight excluding hydrogens is 512 g/mol. The summed E-state index contributed by atoms with van der Waals surface area (Å²) in [5.41, 5.74) is 0.141. The third-order valence-corrected chi connectivity index (χ3v) is 6.39. The summed E-state index contributed by atoms with van der Waals surface area (Å²) in [5.74, 6) is -3.44. The van der Waals surface area contributed by atoms with E-state index in [2.05, 4.69) is 29.9 Å². The maximum Gasteiger partial charge on any atom is 0.242 e. The van der Waals surface area contributed by atoms with Crippen LogP contribution >= 0.6 is 0 Å². The quantitative estimate of drug-likeness (QED) is 0.125. The van der Waals surface area contributed by atoms with Crippen LogP contribution in [0.1, 0.15) is 12.5 Å². The Bertz CT molecular complexity index is 1480. The molecule has 0 amide bonds. The molecule has 0 aromatic carbocycles. The Morgan fingerprint density at radius 3 is 2.05 bits per heavy atom. The van der Waals surface area contributed by atoms with Crippen molar-refractivity contribution in [2.45, 2.75) is 48.8 Å². The Hall–Kier alpha value is -3.62. The summed E-state index contributed by atoms with van der Waals surface area (Å²) in [6.07, 6.45) is -6.07. The number of aromatic hydroxyl groups is 2. The molecule has 2 saturated heterocycles. The van der Waals surface area contributed by atoms with Gasteiger partial charge in [0, 0.05) is 0 Å². The monoisotopic (exact) mass is 532 g/mol. The normalized spacial score (nSPS) is 33.6. The fourth-order valence-electron chi connectivity index (χ4n) is 4.45. The average molecular weight is 532 g/mol. The fourth-order valence-corrected chi connectivity index (χ4v) is 4.45. The number of aromatic nitrogens is 8. The van der Waals surface area contributed by atoms with Crippen LogP contribution in [0.4, 0.5) is 0 Å². The molecular formula is C20H20N8O10. The molecule has 4 aromatic heterocycles. The van der Waals surface area contributed by atoms with E-state index < -0.39 is 60.5 Å². The van der Waals surface area contributed by atoms with Gasteiger partial charge in [-0.2, -0.15) is 9.97 Å². The third-order valence-electron chi connectivity index (χ3n) is 6.39. The number of imidazole rings is 2. The Morgan fingerprint density at radius 2 is 1.42 bits per heavy atom. The lowest BCUT2D eigenvalue weighted by Gasteiger charge is -2.32. The molecule has 6 rings (SSSR count). The largest absolute Gasteiger partial charge is 0.492 e. The van der Waals surface area contributed by atoms with E-state index in [1.807, 2.05) is 0 Å². The molecule has 4 aromatic rings. The standard InChI is InChI=1S/C20H20N8O10/c29-1-7-13(32)20(35,19(38-7)28-6-26-10-15(28)22-4-24-17(10)34)36-2-8-11(30)12(31)18(37-8)27-5-25-9-14(27)21-3-23-16(9)33/h1-8,11-13,18-19,29-32,35H,(H,21,23,33)(H,22,24,34)/t7-,8-,11-,12-,13-,18-,19-,20+/m1/s1. The molecule has 7 N–H and O–H groups in total. The molecule has 18 heteroatoms. The Labute approximate surface area is 211 Å². The predicted octanol–water partition coefficient (Wildman–Crippen LogP) is -2.64. The van der Waals surface area contributed by atoms with Crippen LogP contribution in [0.3, 0.4) is 0 Å². The predicted molar refractivity (Wildman–Crippen MR) is 116 cm³/mol. The van der Waals surface area contributed by atoms with E-state index in [-0.39, 0.29) is 22.3 Å². The molecule has 0 saturated carbocycles. The van der Waals surface area contributed by atoms with Gasteiger partial charge in [-0.3, -0.25) is 9.13 Å². The first kappa shape index (κ1) is 24.7. The molecule has 0 unspecified atom stereocenters. The zero-order valence-corrected chi connectivity index (χ0v) is 18.9. The van der Waals surface area contributed by atoms with Gasteiger partial charge in [-0.15, -0.1) is 0 Å². The Balaban J connectivity index is 1.26. The van der Waals surface area contributed by atoms with E-state index in [1.165, 1.54) is 10.9 Å². The van der Waals surface area contributed by atoms with Crippen LogP contribution in [0.25, 0.3) is 22.3 Å². The molecule has 200 valence electrons. The zero-order chi connectivity index (χ0) is 26.8. The number of fused-ring (bicyclic) bond motifs is 2. The zero-order valence-electron chi connectivity index (χ0n) is 18.9. The van der Waals surface area contributed by atoms with Gasteiger partial charge in [0.15, 0.2) is 34.8 Å². The first-order valence-electron chi connectivity index (χ1n) is 11.0. The van der Waals surface area contributed by atoms with Crippen LogP contribution in [-0.2, 0) is 14.2 Å². The summed E-state index contributed by atoms with van der Waals surface area (Å²) >= 11 is 0. The van der Waals surface area contributed by atoms with E-state index in [9.17, 15) is 35.7 Å².